The SMILES string of the molecule is Bc1cc(OC)c2c3c1CNCC[C@@]31C=C[C@H](O)C[C@@]1(N)O2. The predicted octanol–water partition coefficient (Wildman–Crippen LogP) is -0.947. The molecular weight excluding hydrogens is 279 g/mol. The number of nitrogens with one attached hydrogen (secondary N) is 1. The van der Waals surface area contributed by atoms with Crippen LogP contribution in [0.1, 0.15) is 24.0 Å². The van der Waals surface area contributed by atoms with Gasteiger partial charge in [-0.15, -0.1) is 0 Å². The van der Waals surface area contributed by atoms with Crippen LogP contribution in [0.2, 0.25) is 0 Å². The number of aliphatic hydroxyl groups is 1. The molecule has 4 rings (SSSR count). The van der Waals surface area contributed by atoms with Gasteiger partial charge in [0.05, 0.1) is 18.6 Å². The molecular formula is C16H21BN2O3. The summed E-state index contributed by atoms with van der Waals surface area (Å²) in [5.41, 5.74) is 8.91. The fourth-order valence-electron chi connectivity index (χ4n) is 4.27. The number of methoxy groups -OCH3 is 1. The van der Waals surface area contributed by atoms with Gasteiger partial charge in [0.1, 0.15) is 7.85 Å². The Hall–Kier alpha value is -1.50. The Labute approximate surface area is 130 Å². The minimum atomic E-state index is -0.925. The first-order chi connectivity index (χ1) is 10.5. The molecule has 5 nitrogen and oxygen atoms in total. The highest BCUT2D eigenvalue weighted by molar-refractivity contribution is 6.33. The fourth-order valence-corrected chi connectivity index (χ4v) is 4.27. The fraction of sp³-hybridized carbons (Fsp3) is 0.500. The average molecular weight is 300 g/mol. The Morgan fingerprint density at radius 1 is 1.55 bits per heavy atom. The minimum Gasteiger partial charge on any atom is -0.493 e. The lowest BCUT2D eigenvalue weighted by molar-refractivity contribution is -0.00972. The first-order valence-electron chi connectivity index (χ1n) is 7.78. The van der Waals surface area contributed by atoms with E-state index >= 15 is 0 Å². The molecule has 22 heavy (non-hydrogen) atoms. The zero-order valence-corrected chi connectivity index (χ0v) is 13.0. The van der Waals surface area contributed by atoms with Crippen molar-refractivity contribution in [2.24, 2.45) is 5.73 Å². The molecule has 1 aromatic carbocycles. The minimum absolute atomic E-state index is 0.389. The number of hydrogen-bond donors (Lipinski definition) is 3. The molecule has 1 spiro atoms. The smallest absolute Gasteiger partial charge is 0.174 e. The molecule has 4 N–H and O–H groups in total. The third kappa shape index (κ3) is 1.60. The molecule has 116 valence electrons. The van der Waals surface area contributed by atoms with Crippen molar-refractivity contribution in [2.45, 2.75) is 36.6 Å². The molecule has 1 aromatic rings. The Balaban J connectivity index is 2.05. The van der Waals surface area contributed by atoms with Crippen molar-refractivity contribution in [3.05, 3.63) is 29.3 Å². The van der Waals surface area contributed by atoms with Crippen molar-refractivity contribution in [1.29, 1.82) is 0 Å². The van der Waals surface area contributed by atoms with Crippen molar-refractivity contribution in [2.75, 3.05) is 13.7 Å². The first-order valence-corrected chi connectivity index (χ1v) is 7.78. The molecule has 3 aliphatic rings. The Morgan fingerprint density at radius 2 is 2.36 bits per heavy atom. The lowest BCUT2D eigenvalue weighted by Gasteiger charge is -2.43. The maximum Gasteiger partial charge on any atom is 0.174 e. The summed E-state index contributed by atoms with van der Waals surface area (Å²) in [6.45, 7) is 1.66. The number of benzene rings is 1. The molecule has 2 heterocycles. The number of aliphatic hydroxyl groups excluding tert-OH is 1. The maximum absolute atomic E-state index is 10.1. The van der Waals surface area contributed by atoms with Crippen molar-refractivity contribution in [1.82, 2.24) is 5.32 Å². The summed E-state index contributed by atoms with van der Waals surface area (Å²) in [6, 6.07) is 2.01. The van der Waals surface area contributed by atoms with E-state index in [1.807, 2.05) is 12.1 Å². The van der Waals surface area contributed by atoms with Gasteiger partial charge in [0.15, 0.2) is 17.2 Å². The lowest BCUT2D eigenvalue weighted by atomic mass is 9.64. The molecule has 0 saturated carbocycles. The summed E-state index contributed by atoms with van der Waals surface area (Å²) in [4.78, 5) is 0. The van der Waals surface area contributed by atoms with Gasteiger partial charge in [-0.1, -0.05) is 17.6 Å². The third-order valence-corrected chi connectivity index (χ3v) is 5.39. The summed E-state index contributed by atoms with van der Waals surface area (Å²) in [6.07, 6.45) is 4.58. The quantitative estimate of drug-likeness (QED) is 0.461. The Kier molecular flexibility index (Phi) is 2.89. The van der Waals surface area contributed by atoms with Gasteiger partial charge in [-0.25, -0.2) is 0 Å². The summed E-state index contributed by atoms with van der Waals surface area (Å²) < 4.78 is 11.8. The van der Waals surface area contributed by atoms with Crippen molar-refractivity contribution < 1.29 is 14.6 Å². The van der Waals surface area contributed by atoms with Crippen molar-refractivity contribution >= 4 is 13.3 Å². The van der Waals surface area contributed by atoms with E-state index in [1.54, 1.807) is 7.11 Å². The van der Waals surface area contributed by atoms with Gasteiger partial charge in [0.2, 0.25) is 0 Å². The predicted molar refractivity (Wildman–Crippen MR) is 86.5 cm³/mol. The zero-order valence-electron chi connectivity index (χ0n) is 13.0. The molecule has 0 bridgehead atoms. The van der Waals surface area contributed by atoms with E-state index in [4.69, 9.17) is 15.2 Å². The van der Waals surface area contributed by atoms with Gasteiger partial charge in [-0.3, -0.25) is 5.73 Å². The normalized spacial score (nSPS) is 35.3. The average Bonchev–Trinajstić information content (AvgIpc) is 2.62. The third-order valence-electron chi connectivity index (χ3n) is 5.39. The molecule has 0 fully saturated rings. The summed E-state index contributed by atoms with van der Waals surface area (Å²) in [7, 11) is 3.75. The maximum atomic E-state index is 10.1. The van der Waals surface area contributed by atoms with E-state index in [9.17, 15) is 5.11 Å². The number of rotatable bonds is 1. The van der Waals surface area contributed by atoms with Gasteiger partial charge in [-0.05, 0) is 24.6 Å². The standard InChI is InChI=1S/C16H21BN2O3/c1-21-12-6-11(17)10-8-19-5-4-15-3-2-9(20)7-16(15,18)22-14(12)13(10)15/h2-3,6,9,19-20H,4-5,7-8,17-18H2,1H3/t9-,15-,16+/m0/s1. The molecule has 0 radical (unpaired) electrons. The molecule has 0 saturated heterocycles. The van der Waals surface area contributed by atoms with E-state index in [0.29, 0.717) is 6.42 Å². The summed E-state index contributed by atoms with van der Waals surface area (Å²) >= 11 is 0. The zero-order chi connectivity index (χ0) is 15.5. The highest BCUT2D eigenvalue weighted by Crippen LogP contribution is 2.57. The van der Waals surface area contributed by atoms with Gasteiger partial charge in [0.25, 0.3) is 0 Å². The number of hydrogen-bond acceptors (Lipinski definition) is 5. The van der Waals surface area contributed by atoms with E-state index in [-0.39, 0.29) is 0 Å². The first kappa shape index (κ1) is 14.1. The van der Waals surface area contributed by atoms with Crippen LogP contribution in [0.5, 0.6) is 11.5 Å². The van der Waals surface area contributed by atoms with Crippen LogP contribution in [-0.4, -0.2) is 38.4 Å². The van der Waals surface area contributed by atoms with Crippen LogP contribution >= 0.6 is 0 Å². The van der Waals surface area contributed by atoms with Crippen molar-refractivity contribution in [3.63, 3.8) is 0 Å². The molecule has 6 heteroatoms. The van der Waals surface area contributed by atoms with E-state index in [1.165, 1.54) is 11.0 Å². The van der Waals surface area contributed by atoms with Crippen LogP contribution in [0.3, 0.4) is 0 Å². The Morgan fingerprint density at radius 3 is 3.14 bits per heavy atom. The Bertz CT molecular complexity index is 678. The molecule has 0 aromatic heterocycles. The lowest BCUT2D eigenvalue weighted by Crippen LogP contribution is -2.61. The van der Waals surface area contributed by atoms with Gasteiger partial charge in [-0.2, -0.15) is 0 Å². The topological polar surface area (TPSA) is 76.7 Å². The van der Waals surface area contributed by atoms with Crippen LogP contribution in [0.15, 0.2) is 18.2 Å². The van der Waals surface area contributed by atoms with Crippen LogP contribution in [0, 0.1) is 0 Å². The number of nitrogens with two attached hydrogens (primary N) is 1. The van der Waals surface area contributed by atoms with Gasteiger partial charge < -0.3 is 19.9 Å². The highest BCUT2D eigenvalue weighted by Gasteiger charge is 2.60. The molecule has 2 aliphatic heterocycles. The van der Waals surface area contributed by atoms with Crippen LogP contribution in [0.25, 0.3) is 0 Å². The van der Waals surface area contributed by atoms with Gasteiger partial charge >= 0.3 is 0 Å². The van der Waals surface area contributed by atoms with Crippen LogP contribution in [-0.2, 0) is 12.0 Å². The van der Waals surface area contributed by atoms with E-state index in [2.05, 4.69) is 19.2 Å². The second-order valence-electron chi connectivity index (χ2n) is 6.60. The molecule has 0 amide bonds. The largest absolute Gasteiger partial charge is 0.493 e. The second kappa shape index (κ2) is 4.50. The van der Waals surface area contributed by atoms with E-state index in [0.717, 1.165) is 36.6 Å². The van der Waals surface area contributed by atoms with Crippen molar-refractivity contribution in [3.8, 4) is 11.5 Å². The molecule has 0 unspecified atom stereocenters. The highest BCUT2D eigenvalue weighted by atomic mass is 16.5. The summed E-state index contributed by atoms with van der Waals surface area (Å²) in [5, 5.41) is 13.5. The van der Waals surface area contributed by atoms with Crippen LogP contribution < -0.4 is 26.0 Å². The molecule has 1 aliphatic carbocycles. The molecule has 3 atom stereocenters. The summed E-state index contributed by atoms with van der Waals surface area (Å²) in [5.74, 6) is 1.47. The van der Waals surface area contributed by atoms with Crippen LogP contribution in [0.4, 0.5) is 0 Å². The number of ether oxygens (including phenoxy) is 2. The monoisotopic (exact) mass is 300 g/mol. The van der Waals surface area contributed by atoms with E-state index < -0.39 is 17.2 Å². The second-order valence-corrected chi connectivity index (χ2v) is 6.60. The van der Waals surface area contributed by atoms with Gasteiger partial charge in [0, 0.05) is 18.5 Å².